The number of nitrogens with one attached hydrogen (secondary N) is 1. The molecule has 2 N–H and O–H groups in total. The number of hydrogen-bond acceptors (Lipinski definition) is 3. The van der Waals surface area contributed by atoms with Crippen molar-refractivity contribution < 1.29 is 5.11 Å². The summed E-state index contributed by atoms with van der Waals surface area (Å²) in [6.07, 6.45) is 7.15. The molecule has 16 heavy (non-hydrogen) atoms. The number of rotatable bonds is 5. The van der Waals surface area contributed by atoms with E-state index in [1.54, 1.807) is 0 Å². The zero-order valence-corrected chi connectivity index (χ0v) is 10.1. The van der Waals surface area contributed by atoms with E-state index in [1.165, 1.54) is 12.1 Å². The van der Waals surface area contributed by atoms with Crippen LogP contribution in [0.5, 0.6) is 0 Å². The molecule has 4 nitrogen and oxygen atoms in total. The predicted octanol–water partition coefficient (Wildman–Crippen LogP) is 1.47. The second-order valence-corrected chi connectivity index (χ2v) is 5.03. The van der Waals surface area contributed by atoms with Crippen LogP contribution < -0.4 is 5.32 Å². The van der Waals surface area contributed by atoms with Gasteiger partial charge in [0.15, 0.2) is 0 Å². The van der Waals surface area contributed by atoms with Crippen LogP contribution in [0.2, 0.25) is 0 Å². The average molecular weight is 223 g/mol. The van der Waals surface area contributed by atoms with Gasteiger partial charge in [0.05, 0.1) is 18.6 Å². The van der Waals surface area contributed by atoms with Crippen LogP contribution in [0.3, 0.4) is 0 Å². The Morgan fingerprint density at radius 3 is 2.81 bits per heavy atom. The van der Waals surface area contributed by atoms with E-state index in [2.05, 4.69) is 28.7 Å². The molecule has 0 unspecified atom stereocenters. The smallest absolute Gasteiger partial charge is 0.0951 e. The zero-order valence-electron chi connectivity index (χ0n) is 10.1. The van der Waals surface area contributed by atoms with Gasteiger partial charge in [-0.1, -0.05) is 0 Å². The predicted molar refractivity (Wildman–Crippen MR) is 63.1 cm³/mol. The van der Waals surface area contributed by atoms with Crippen LogP contribution in [0.25, 0.3) is 0 Å². The monoisotopic (exact) mass is 223 g/mol. The van der Waals surface area contributed by atoms with Gasteiger partial charge in [-0.3, -0.25) is 0 Å². The highest BCUT2D eigenvalue weighted by Gasteiger charge is 2.35. The third-order valence-electron chi connectivity index (χ3n) is 3.56. The van der Waals surface area contributed by atoms with Crippen molar-refractivity contribution in [3.05, 3.63) is 18.2 Å². The highest BCUT2D eigenvalue weighted by molar-refractivity contribution is 5.03. The van der Waals surface area contributed by atoms with Crippen molar-refractivity contribution in [3.63, 3.8) is 0 Å². The van der Waals surface area contributed by atoms with Crippen molar-refractivity contribution >= 4 is 0 Å². The van der Waals surface area contributed by atoms with E-state index in [-0.39, 0.29) is 12.1 Å². The molecule has 4 heteroatoms. The number of aliphatic hydroxyl groups excluding tert-OH is 1. The molecule has 0 radical (unpaired) electrons. The molecule has 1 aromatic heterocycles. The summed E-state index contributed by atoms with van der Waals surface area (Å²) in [5, 5.41) is 12.8. The molecule has 1 fully saturated rings. The summed E-state index contributed by atoms with van der Waals surface area (Å²) in [4.78, 5) is 4.17. The van der Waals surface area contributed by atoms with Crippen LogP contribution in [0, 0.1) is 0 Å². The molecular formula is C12H21N3O. The van der Waals surface area contributed by atoms with E-state index in [1.807, 2.05) is 12.5 Å². The highest BCUT2D eigenvalue weighted by atomic mass is 16.3. The van der Waals surface area contributed by atoms with Gasteiger partial charge in [0.1, 0.15) is 0 Å². The number of aliphatic hydroxyl groups is 1. The maximum absolute atomic E-state index is 9.36. The van der Waals surface area contributed by atoms with Crippen LogP contribution in [0.4, 0.5) is 0 Å². The third kappa shape index (κ3) is 2.13. The standard InChI is InChI=1S/C12H21N3O/c1-10(2)15-9-13-6-11(15)7-14-12(8-16)4-3-5-12/h6,9-10,14,16H,3-5,7-8H2,1-2H3. The molecule has 0 spiro atoms. The zero-order chi connectivity index (χ0) is 11.6. The Morgan fingerprint density at radius 2 is 2.31 bits per heavy atom. The molecule has 1 aliphatic rings. The number of imidazole rings is 1. The first kappa shape index (κ1) is 11.6. The van der Waals surface area contributed by atoms with Gasteiger partial charge in [-0.25, -0.2) is 4.98 Å². The van der Waals surface area contributed by atoms with Crippen molar-refractivity contribution in [3.8, 4) is 0 Å². The van der Waals surface area contributed by atoms with Crippen molar-refractivity contribution in [2.75, 3.05) is 6.61 Å². The fourth-order valence-electron chi connectivity index (χ4n) is 2.21. The molecule has 2 rings (SSSR count). The van der Waals surface area contributed by atoms with Gasteiger partial charge in [-0.05, 0) is 33.1 Å². The molecule has 0 aromatic carbocycles. The molecule has 0 atom stereocenters. The summed E-state index contributed by atoms with van der Waals surface area (Å²) >= 11 is 0. The van der Waals surface area contributed by atoms with Crippen molar-refractivity contribution in [2.45, 2.75) is 51.2 Å². The Hall–Kier alpha value is -0.870. The molecular weight excluding hydrogens is 202 g/mol. The molecule has 0 bridgehead atoms. The first-order chi connectivity index (χ1) is 7.67. The second-order valence-electron chi connectivity index (χ2n) is 5.03. The topological polar surface area (TPSA) is 50.1 Å². The van der Waals surface area contributed by atoms with E-state index in [0.29, 0.717) is 6.04 Å². The largest absolute Gasteiger partial charge is 0.394 e. The lowest BCUT2D eigenvalue weighted by Gasteiger charge is -2.41. The van der Waals surface area contributed by atoms with E-state index >= 15 is 0 Å². The Balaban J connectivity index is 1.96. The number of nitrogens with zero attached hydrogens (tertiary/aromatic N) is 2. The lowest BCUT2D eigenvalue weighted by Crippen LogP contribution is -2.53. The summed E-state index contributed by atoms with van der Waals surface area (Å²) in [6.45, 7) is 5.33. The maximum Gasteiger partial charge on any atom is 0.0951 e. The number of aromatic nitrogens is 2. The van der Waals surface area contributed by atoms with Gasteiger partial charge in [0.25, 0.3) is 0 Å². The van der Waals surface area contributed by atoms with Gasteiger partial charge in [0.2, 0.25) is 0 Å². The Kier molecular flexibility index (Phi) is 3.30. The Morgan fingerprint density at radius 1 is 1.56 bits per heavy atom. The van der Waals surface area contributed by atoms with Crippen LogP contribution in [-0.2, 0) is 6.54 Å². The van der Waals surface area contributed by atoms with Crippen LogP contribution in [-0.4, -0.2) is 26.8 Å². The van der Waals surface area contributed by atoms with Gasteiger partial charge in [-0.2, -0.15) is 0 Å². The van der Waals surface area contributed by atoms with Crippen molar-refractivity contribution in [1.29, 1.82) is 0 Å². The fraction of sp³-hybridized carbons (Fsp3) is 0.750. The Labute approximate surface area is 96.7 Å². The van der Waals surface area contributed by atoms with Crippen LogP contribution in [0.1, 0.15) is 44.8 Å². The molecule has 0 saturated heterocycles. The molecule has 0 aliphatic heterocycles. The van der Waals surface area contributed by atoms with Gasteiger partial charge < -0.3 is 15.0 Å². The Bertz CT molecular complexity index is 336. The summed E-state index contributed by atoms with van der Waals surface area (Å²) < 4.78 is 2.16. The van der Waals surface area contributed by atoms with Crippen molar-refractivity contribution in [1.82, 2.24) is 14.9 Å². The lowest BCUT2D eigenvalue weighted by atomic mass is 9.77. The minimum atomic E-state index is -0.0217. The third-order valence-corrected chi connectivity index (χ3v) is 3.56. The van der Waals surface area contributed by atoms with Gasteiger partial charge in [-0.15, -0.1) is 0 Å². The summed E-state index contributed by atoms with van der Waals surface area (Å²) in [5.74, 6) is 0. The van der Waals surface area contributed by atoms with Crippen molar-refractivity contribution in [2.24, 2.45) is 0 Å². The summed E-state index contributed by atoms with van der Waals surface area (Å²) in [6, 6.07) is 0.436. The molecule has 1 saturated carbocycles. The second kappa shape index (κ2) is 4.55. The van der Waals surface area contributed by atoms with Gasteiger partial charge >= 0.3 is 0 Å². The minimum absolute atomic E-state index is 0.0217. The first-order valence-corrected chi connectivity index (χ1v) is 6.03. The molecule has 1 aliphatic carbocycles. The highest BCUT2D eigenvalue weighted by Crippen LogP contribution is 2.31. The normalized spacial score (nSPS) is 18.8. The summed E-state index contributed by atoms with van der Waals surface area (Å²) in [5.41, 5.74) is 1.17. The van der Waals surface area contributed by atoms with E-state index in [9.17, 15) is 5.11 Å². The molecule has 0 amide bonds. The fourth-order valence-corrected chi connectivity index (χ4v) is 2.21. The lowest BCUT2D eigenvalue weighted by molar-refractivity contribution is 0.0864. The number of hydrogen-bond donors (Lipinski definition) is 2. The minimum Gasteiger partial charge on any atom is -0.394 e. The quantitative estimate of drug-likeness (QED) is 0.794. The molecule has 1 heterocycles. The van der Waals surface area contributed by atoms with Gasteiger partial charge in [0, 0.05) is 24.3 Å². The van der Waals surface area contributed by atoms with E-state index < -0.39 is 0 Å². The van der Waals surface area contributed by atoms with E-state index in [4.69, 9.17) is 0 Å². The van der Waals surface area contributed by atoms with E-state index in [0.717, 1.165) is 19.4 Å². The molecule has 1 aromatic rings. The molecule has 90 valence electrons. The summed E-state index contributed by atoms with van der Waals surface area (Å²) in [7, 11) is 0. The first-order valence-electron chi connectivity index (χ1n) is 6.03. The maximum atomic E-state index is 9.36. The van der Waals surface area contributed by atoms with Crippen LogP contribution in [0.15, 0.2) is 12.5 Å². The van der Waals surface area contributed by atoms with Crippen LogP contribution >= 0.6 is 0 Å². The SMILES string of the molecule is CC(C)n1cncc1CNC1(CO)CCC1. The average Bonchev–Trinajstić information content (AvgIpc) is 2.65.